The molecule has 1 aromatic rings. The first-order chi connectivity index (χ1) is 9.56. The molecule has 1 N–H and O–H groups in total. The van der Waals surface area contributed by atoms with E-state index in [9.17, 15) is 0 Å². The van der Waals surface area contributed by atoms with E-state index in [1.807, 2.05) is 0 Å². The Bertz CT molecular complexity index is 419. The van der Waals surface area contributed by atoms with E-state index < -0.39 is 0 Å². The number of rotatable bonds is 4. The van der Waals surface area contributed by atoms with Crippen LogP contribution in [-0.2, 0) is 0 Å². The van der Waals surface area contributed by atoms with E-state index in [2.05, 4.69) is 71.2 Å². The largest absolute Gasteiger partial charge is 0.313 e. The fraction of sp³-hybridized carbons (Fsp3) is 0.647. The minimum absolute atomic E-state index is 0.488. The molecule has 112 valence electrons. The van der Waals surface area contributed by atoms with E-state index in [1.165, 1.54) is 29.4 Å². The molecule has 2 rings (SSSR count). The molecule has 2 atom stereocenters. The maximum Gasteiger partial charge on any atom is 0.0320 e. The van der Waals surface area contributed by atoms with Crippen LogP contribution < -0.4 is 5.32 Å². The molecule has 1 aromatic carbocycles. The molecular weight excluding hydrogens is 312 g/mol. The predicted octanol–water partition coefficient (Wildman–Crippen LogP) is 4.22. The van der Waals surface area contributed by atoms with Gasteiger partial charge in [0.2, 0.25) is 0 Å². The Morgan fingerprint density at radius 3 is 2.85 bits per heavy atom. The monoisotopic (exact) mass is 338 g/mol. The Morgan fingerprint density at radius 1 is 1.35 bits per heavy atom. The predicted molar refractivity (Wildman–Crippen MR) is 90.0 cm³/mol. The summed E-state index contributed by atoms with van der Waals surface area (Å²) in [6.07, 6.45) is 2.51. The summed E-state index contributed by atoms with van der Waals surface area (Å²) in [6.45, 7) is 10.5. The maximum absolute atomic E-state index is 3.71. The van der Waals surface area contributed by atoms with E-state index in [1.54, 1.807) is 0 Å². The van der Waals surface area contributed by atoms with Gasteiger partial charge >= 0.3 is 0 Å². The van der Waals surface area contributed by atoms with Crippen molar-refractivity contribution in [1.29, 1.82) is 0 Å². The van der Waals surface area contributed by atoms with Gasteiger partial charge in [0.25, 0.3) is 0 Å². The van der Waals surface area contributed by atoms with Crippen LogP contribution in [0.2, 0.25) is 0 Å². The Morgan fingerprint density at radius 2 is 2.15 bits per heavy atom. The molecule has 2 nitrogen and oxygen atoms in total. The lowest BCUT2D eigenvalue weighted by molar-refractivity contribution is 0.199. The summed E-state index contributed by atoms with van der Waals surface area (Å²) < 4.78 is 1.17. The van der Waals surface area contributed by atoms with Crippen LogP contribution in [0.1, 0.15) is 45.2 Å². The Kier molecular flexibility index (Phi) is 6.06. The third kappa shape index (κ3) is 4.57. The van der Waals surface area contributed by atoms with E-state index in [0.29, 0.717) is 12.1 Å². The molecule has 2 unspecified atom stereocenters. The highest BCUT2D eigenvalue weighted by molar-refractivity contribution is 9.10. The van der Waals surface area contributed by atoms with E-state index in [-0.39, 0.29) is 0 Å². The molecule has 0 aliphatic carbocycles. The first kappa shape index (κ1) is 16.0. The van der Waals surface area contributed by atoms with Crippen molar-refractivity contribution in [3.05, 3.63) is 34.3 Å². The smallest absolute Gasteiger partial charge is 0.0320 e. The van der Waals surface area contributed by atoms with Gasteiger partial charge < -0.3 is 5.32 Å². The molecule has 1 fully saturated rings. The second kappa shape index (κ2) is 7.58. The minimum Gasteiger partial charge on any atom is -0.313 e. The number of nitrogens with one attached hydrogen (secondary N) is 1. The van der Waals surface area contributed by atoms with E-state index in [0.717, 1.165) is 19.0 Å². The Balaban J connectivity index is 2.05. The molecule has 3 heteroatoms. The fourth-order valence-corrected chi connectivity index (χ4v) is 3.50. The van der Waals surface area contributed by atoms with Crippen molar-refractivity contribution < 1.29 is 0 Å². The molecule has 0 bridgehead atoms. The van der Waals surface area contributed by atoms with Gasteiger partial charge in [0.05, 0.1) is 0 Å². The first-order valence-corrected chi connectivity index (χ1v) is 8.58. The van der Waals surface area contributed by atoms with Crippen molar-refractivity contribution in [1.82, 2.24) is 10.2 Å². The molecule has 0 spiro atoms. The lowest BCUT2D eigenvalue weighted by atomic mass is 10.0. The number of benzene rings is 1. The van der Waals surface area contributed by atoms with E-state index in [4.69, 9.17) is 0 Å². The number of hydrogen-bond donors (Lipinski definition) is 1. The third-order valence-electron chi connectivity index (χ3n) is 4.14. The molecule has 0 saturated carbocycles. The summed E-state index contributed by atoms with van der Waals surface area (Å²) in [5.74, 6) is 0.758. The average Bonchev–Trinajstić information content (AvgIpc) is 2.62. The number of hydrogen-bond acceptors (Lipinski definition) is 2. The van der Waals surface area contributed by atoms with Gasteiger partial charge in [-0.15, -0.1) is 0 Å². The molecular formula is C17H27BrN2. The van der Waals surface area contributed by atoms with Crippen LogP contribution in [0, 0.1) is 5.92 Å². The van der Waals surface area contributed by atoms with E-state index >= 15 is 0 Å². The van der Waals surface area contributed by atoms with Gasteiger partial charge in [0.15, 0.2) is 0 Å². The standard InChI is InChI=1S/C17H27BrN2/c1-13(2)10-17-12-20(9-5-8-19-17)14(3)15-6-4-7-16(18)11-15/h4,6-7,11,13-14,17,19H,5,8-10,12H2,1-3H3. The van der Waals surface area contributed by atoms with Gasteiger partial charge in [-0.25, -0.2) is 0 Å². The zero-order valence-electron chi connectivity index (χ0n) is 12.9. The molecule has 20 heavy (non-hydrogen) atoms. The SMILES string of the molecule is CC(C)CC1CN(C(C)c2cccc(Br)c2)CCCN1. The lowest BCUT2D eigenvalue weighted by Crippen LogP contribution is -2.39. The summed E-state index contributed by atoms with van der Waals surface area (Å²) in [6, 6.07) is 9.85. The van der Waals surface area contributed by atoms with Gasteiger partial charge in [-0.1, -0.05) is 41.9 Å². The van der Waals surface area contributed by atoms with Crippen LogP contribution in [0.15, 0.2) is 28.7 Å². The number of nitrogens with zero attached hydrogens (tertiary/aromatic N) is 1. The molecule has 1 aliphatic rings. The van der Waals surface area contributed by atoms with Crippen LogP contribution in [-0.4, -0.2) is 30.6 Å². The van der Waals surface area contributed by atoms with Crippen LogP contribution in [0.5, 0.6) is 0 Å². The second-order valence-electron chi connectivity index (χ2n) is 6.36. The normalized spacial score (nSPS) is 22.8. The van der Waals surface area contributed by atoms with Gasteiger partial charge in [0.1, 0.15) is 0 Å². The maximum atomic E-state index is 3.71. The summed E-state index contributed by atoms with van der Waals surface area (Å²) in [7, 11) is 0. The second-order valence-corrected chi connectivity index (χ2v) is 7.28. The van der Waals surface area contributed by atoms with Crippen molar-refractivity contribution in [3.8, 4) is 0 Å². The highest BCUT2D eigenvalue weighted by atomic mass is 79.9. The van der Waals surface area contributed by atoms with Crippen molar-refractivity contribution in [2.45, 2.75) is 45.7 Å². The highest BCUT2D eigenvalue weighted by Crippen LogP contribution is 2.25. The lowest BCUT2D eigenvalue weighted by Gasteiger charge is -2.31. The Hall–Kier alpha value is -0.380. The Labute approximate surface area is 132 Å². The van der Waals surface area contributed by atoms with Gasteiger partial charge in [-0.05, 0) is 49.9 Å². The molecule has 1 saturated heterocycles. The molecule has 0 aromatic heterocycles. The van der Waals surface area contributed by atoms with Crippen LogP contribution in [0.3, 0.4) is 0 Å². The van der Waals surface area contributed by atoms with Crippen molar-refractivity contribution >= 4 is 15.9 Å². The van der Waals surface area contributed by atoms with Gasteiger partial charge in [0, 0.05) is 29.6 Å². The highest BCUT2D eigenvalue weighted by Gasteiger charge is 2.23. The fourth-order valence-electron chi connectivity index (χ4n) is 3.08. The number of halogens is 1. The zero-order chi connectivity index (χ0) is 14.5. The molecule has 0 amide bonds. The zero-order valence-corrected chi connectivity index (χ0v) is 14.5. The first-order valence-electron chi connectivity index (χ1n) is 7.79. The average molecular weight is 339 g/mol. The molecule has 1 aliphatic heterocycles. The third-order valence-corrected chi connectivity index (χ3v) is 4.64. The quantitative estimate of drug-likeness (QED) is 0.884. The molecule has 0 radical (unpaired) electrons. The summed E-state index contributed by atoms with van der Waals surface area (Å²) in [5.41, 5.74) is 1.41. The van der Waals surface area contributed by atoms with Crippen molar-refractivity contribution in [2.75, 3.05) is 19.6 Å². The summed E-state index contributed by atoms with van der Waals surface area (Å²) in [4.78, 5) is 2.63. The van der Waals surface area contributed by atoms with Crippen molar-refractivity contribution in [2.24, 2.45) is 5.92 Å². The van der Waals surface area contributed by atoms with Gasteiger partial charge in [-0.3, -0.25) is 4.90 Å². The molecule has 1 heterocycles. The van der Waals surface area contributed by atoms with Crippen LogP contribution in [0.25, 0.3) is 0 Å². The van der Waals surface area contributed by atoms with Gasteiger partial charge in [-0.2, -0.15) is 0 Å². The minimum atomic E-state index is 0.488. The topological polar surface area (TPSA) is 15.3 Å². The van der Waals surface area contributed by atoms with Crippen LogP contribution >= 0.6 is 15.9 Å². The summed E-state index contributed by atoms with van der Waals surface area (Å²) in [5, 5.41) is 3.71. The summed E-state index contributed by atoms with van der Waals surface area (Å²) >= 11 is 3.58. The van der Waals surface area contributed by atoms with Crippen molar-refractivity contribution in [3.63, 3.8) is 0 Å². The van der Waals surface area contributed by atoms with Crippen LogP contribution in [0.4, 0.5) is 0 Å².